The van der Waals surface area contributed by atoms with Gasteiger partial charge in [-0.1, -0.05) is 0 Å². The molecule has 0 saturated heterocycles. The van der Waals surface area contributed by atoms with Gasteiger partial charge in [0.2, 0.25) is 5.91 Å². The Morgan fingerprint density at radius 3 is 2.86 bits per heavy atom. The standard InChI is InChI=1S/C13H16F3N3O2/c14-13(15,16)11-9-7-21-6-3-10(9)19(18-11)5-4-17-12(20)8-1-2-8/h8H,1-7H2,(H,17,20). The number of nitrogens with one attached hydrogen (secondary N) is 1. The average molecular weight is 303 g/mol. The Labute approximate surface area is 119 Å². The van der Waals surface area contributed by atoms with E-state index in [9.17, 15) is 18.0 Å². The van der Waals surface area contributed by atoms with Crippen LogP contribution in [-0.4, -0.2) is 28.8 Å². The predicted molar refractivity (Wildman–Crippen MR) is 66.3 cm³/mol. The Hall–Kier alpha value is -1.57. The first-order valence-electron chi connectivity index (χ1n) is 6.98. The summed E-state index contributed by atoms with van der Waals surface area (Å²) in [5, 5.41) is 6.42. The van der Waals surface area contributed by atoms with Gasteiger partial charge in [0.1, 0.15) is 0 Å². The van der Waals surface area contributed by atoms with Crippen molar-refractivity contribution in [2.24, 2.45) is 5.92 Å². The van der Waals surface area contributed by atoms with Crippen molar-refractivity contribution in [1.29, 1.82) is 0 Å². The monoisotopic (exact) mass is 303 g/mol. The Balaban J connectivity index is 1.72. The maximum absolute atomic E-state index is 13.0. The predicted octanol–water partition coefficient (Wildman–Crippen LogP) is 1.50. The number of aromatic nitrogens is 2. The van der Waals surface area contributed by atoms with Gasteiger partial charge in [-0.15, -0.1) is 0 Å². The molecule has 0 unspecified atom stereocenters. The van der Waals surface area contributed by atoms with Crippen LogP contribution in [0.25, 0.3) is 0 Å². The van der Waals surface area contributed by atoms with Gasteiger partial charge in [0.15, 0.2) is 5.69 Å². The van der Waals surface area contributed by atoms with Crippen LogP contribution in [0.2, 0.25) is 0 Å². The van der Waals surface area contributed by atoms with E-state index in [2.05, 4.69) is 10.4 Å². The summed E-state index contributed by atoms with van der Waals surface area (Å²) in [5.41, 5.74) is -0.178. The van der Waals surface area contributed by atoms with Crippen molar-refractivity contribution in [1.82, 2.24) is 15.1 Å². The lowest BCUT2D eigenvalue weighted by atomic mass is 10.1. The zero-order valence-corrected chi connectivity index (χ0v) is 11.4. The van der Waals surface area contributed by atoms with E-state index >= 15 is 0 Å². The summed E-state index contributed by atoms with van der Waals surface area (Å²) < 4.78 is 45.3. The zero-order valence-electron chi connectivity index (χ0n) is 11.4. The van der Waals surface area contributed by atoms with Crippen LogP contribution in [0.4, 0.5) is 13.2 Å². The number of fused-ring (bicyclic) bond motifs is 1. The van der Waals surface area contributed by atoms with Crippen LogP contribution in [0, 0.1) is 5.92 Å². The molecule has 0 radical (unpaired) electrons. The molecular formula is C13H16F3N3O2. The number of ether oxygens (including phenoxy) is 1. The molecule has 0 atom stereocenters. The van der Waals surface area contributed by atoms with Crippen LogP contribution < -0.4 is 5.32 Å². The van der Waals surface area contributed by atoms with Crippen molar-refractivity contribution in [2.45, 2.75) is 38.6 Å². The third kappa shape index (κ3) is 3.04. The molecule has 1 amide bonds. The van der Waals surface area contributed by atoms with Crippen LogP contribution in [0.3, 0.4) is 0 Å². The van der Waals surface area contributed by atoms with Crippen LogP contribution in [0.1, 0.15) is 29.8 Å². The molecule has 1 aliphatic heterocycles. The van der Waals surface area contributed by atoms with E-state index in [0.29, 0.717) is 25.3 Å². The lowest BCUT2D eigenvalue weighted by molar-refractivity contribution is -0.142. The summed E-state index contributed by atoms with van der Waals surface area (Å²) in [6.45, 7) is 0.877. The van der Waals surface area contributed by atoms with E-state index in [1.54, 1.807) is 0 Å². The molecule has 1 aromatic heterocycles. The number of halogens is 3. The fourth-order valence-electron chi connectivity index (χ4n) is 2.50. The maximum Gasteiger partial charge on any atom is 0.435 e. The molecule has 0 bridgehead atoms. The van der Waals surface area contributed by atoms with Crippen molar-refractivity contribution >= 4 is 5.91 Å². The van der Waals surface area contributed by atoms with E-state index in [4.69, 9.17) is 4.74 Å². The molecule has 1 aliphatic carbocycles. The lowest BCUT2D eigenvalue weighted by Gasteiger charge is -2.15. The zero-order chi connectivity index (χ0) is 15.0. The van der Waals surface area contributed by atoms with Crippen molar-refractivity contribution in [3.8, 4) is 0 Å². The van der Waals surface area contributed by atoms with Gasteiger partial charge in [0.25, 0.3) is 0 Å². The van der Waals surface area contributed by atoms with Gasteiger partial charge in [0.05, 0.1) is 19.8 Å². The molecule has 0 spiro atoms. The molecule has 21 heavy (non-hydrogen) atoms. The van der Waals surface area contributed by atoms with Crippen molar-refractivity contribution in [3.05, 3.63) is 17.0 Å². The van der Waals surface area contributed by atoms with Gasteiger partial charge in [-0.25, -0.2) is 0 Å². The average Bonchev–Trinajstić information content (AvgIpc) is 3.20. The number of carbonyl (C=O) groups is 1. The number of alkyl halides is 3. The Morgan fingerprint density at radius 2 is 2.19 bits per heavy atom. The quantitative estimate of drug-likeness (QED) is 0.917. The molecule has 3 rings (SSSR count). The Morgan fingerprint density at radius 1 is 1.43 bits per heavy atom. The first-order valence-corrected chi connectivity index (χ1v) is 6.98. The second-order valence-corrected chi connectivity index (χ2v) is 5.36. The van der Waals surface area contributed by atoms with Crippen molar-refractivity contribution in [3.63, 3.8) is 0 Å². The first-order chi connectivity index (χ1) is 9.97. The van der Waals surface area contributed by atoms with E-state index < -0.39 is 11.9 Å². The fourth-order valence-corrected chi connectivity index (χ4v) is 2.50. The van der Waals surface area contributed by atoms with Crippen LogP contribution in [-0.2, 0) is 35.3 Å². The third-order valence-corrected chi connectivity index (χ3v) is 3.74. The molecule has 1 saturated carbocycles. The van der Waals surface area contributed by atoms with Crippen LogP contribution in [0.5, 0.6) is 0 Å². The SMILES string of the molecule is O=C(NCCn1nc(C(F)(F)F)c2c1CCOC2)C1CC1. The highest BCUT2D eigenvalue weighted by Crippen LogP contribution is 2.34. The first kappa shape index (κ1) is 14.4. The van der Waals surface area contributed by atoms with Gasteiger partial charge >= 0.3 is 6.18 Å². The molecule has 1 aromatic rings. The smallest absolute Gasteiger partial charge is 0.376 e. The van der Waals surface area contributed by atoms with E-state index in [-0.39, 0.29) is 30.5 Å². The molecule has 1 fully saturated rings. The summed E-state index contributed by atoms with van der Waals surface area (Å²) in [4.78, 5) is 11.5. The van der Waals surface area contributed by atoms with Crippen LogP contribution >= 0.6 is 0 Å². The molecular weight excluding hydrogens is 287 g/mol. The summed E-state index contributed by atoms with van der Waals surface area (Å²) >= 11 is 0. The Bertz CT molecular complexity index is 550. The highest BCUT2D eigenvalue weighted by molar-refractivity contribution is 5.80. The molecule has 8 heteroatoms. The molecule has 2 heterocycles. The minimum atomic E-state index is -4.48. The summed E-state index contributed by atoms with van der Waals surface area (Å²) in [6.07, 6.45) is -2.26. The minimum absolute atomic E-state index is 0.0181. The highest BCUT2D eigenvalue weighted by atomic mass is 19.4. The Kier molecular flexibility index (Phi) is 3.64. The molecule has 116 valence electrons. The van der Waals surface area contributed by atoms with E-state index in [1.807, 2.05) is 0 Å². The fraction of sp³-hybridized carbons (Fsp3) is 0.692. The number of amides is 1. The summed E-state index contributed by atoms with van der Waals surface area (Å²) in [6, 6.07) is 0. The number of hydrogen-bond acceptors (Lipinski definition) is 3. The van der Waals surface area contributed by atoms with E-state index in [0.717, 1.165) is 12.8 Å². The molecule has 1 N–H and O–H groups in total. The van der Waals surface area contributed by atoms with Gasteiger partial charge in [-0.3, -0.25) is 9.48 Å². The second-order valence-electron chi connectivity index (χ2n) is 5.36. The summed E-state index contributed by atoms with van der Waals surface area (Å²) in [7, 11) is 0. The minimum Gasteiger partial charge on any atom is -0.376 e. The number of carbonyl (C=O) groups excluding carboxylic acids is 1. The largest absolute Gasteiger partial charge is 0.435 e. The maximum atomic E-state index is 13.0. The van der Waals surface area contributed by atoms with Gasteiger partial charge in [-0.05, 0) is 12.8 Å². The summed E-state index contributed by atoms with van der Waals surface area (Å²) in [5.74, 6) is 0.0751. The third-order valence-electron chi connectivity index (χ3n) is 3.74. The van der Waals surface area contributed by atoms with Crippen molar-refractivity contribution < 1.29 is 22.7 Å². The number of hydrogen-bond donors (Lipinski definition) is 1. The van der Waals surface area contributed by atoms with Crippen LogP contribution in [0.15, 0.2) is 0 Å². The second kappa shape index (κ2) is 5.32. The van der Waals surface area contributed by atoms with Crippen molar-refractivity contribution in [2.75, 3.05) is 13.2 Å². The topological polar surface area (TPSA) is 56.2 Å². The lowest BCUT2D eigenvalue weighted by Crippen LogP contribution is -2.29. The van der Waals surface area contributed by atoms with Gasteiger partial charge in [0, 0.05) is 30.1 Å². The van der Waals surface area contributed by atoms with E-state index in [1.165, 1.54) is 4.68 Å². The number of rotatable bonds is 4. The van der Waals surface area contributed by atoms with Gasteiger partial charge in [-0.2, -0.15) is 18.3 Å². The normalized spacial score (nSPS) is 18.4. The number of nitrogens with zero attached hydrogens (tertiary/aromatic N) is 2. The van der Waals surface area contributed by atoms with Gasteiger partial charge < -0.3 is 10.1 Å². The highest BCUT2D eigenvalue weighted by Gasteiger charge is 2.39. The molecule has 2 aliphatic rings. The molecule has 5 nitrogen and oxygen atoms in total. The molecule has 0 aromatic carbocycles.